The number of rotatable bonds is 7. The summed E-state index contributed by atoms with van der Waals surface area (Å²) in [4.78, 5) is 39.0. The molecule has 4 rings (SSSR count). The fourth-order valence-electron chi connectivity index (χ4n) is 4.95. The molecule has 202 valence electrons. The molecule has 38 heavy (non-hydrogen) atoms. The second kappa shape index (κ2) is 11.8. The molecule has 0 saturated carbocycles. The molecule has 2 amide bonds. The van der Waals surface area contributed by atoms with E-state index in [2.05, 4.69) is 34.6 Å². The summed E-state index contributed by atoms with van der Waals surface area (Å²) in [5.41, 5.74) is 5.03. The maximum absolute atomic E-state index is 13.0. The lowest BCUT2D eigenvalue weighted by atomic mass is 10.0. The Morgan fingerprint density at radius 3 is 2.29 bits per heavy atom. The lowest BCUT2D eigenvalue weighted by molar-refractivity contribution is -0.142. The predicted octanol–water partition coefficient (Wildman–Crippen LogP) is 4.51. The van der Waals surface area contributed by atoms with E-state index in [-0.39, 0.29) is 17.9 Å². The predicted molar refractivity (Wildman–Crippen MR) is 150 cm³/mol. The third-order valence-corrected chi connectivity index (χ3v) is 7.00. The van der Waals surface area contributed by atoms with Gasteiger partial charge in [-0.25, -0.2) is 19.6 Å². The number of hydrogen-bond donors (Lipinski definition) is 2. The summed E-state index contributed by atoms with van der Waals surface area (Å²) in [6.45, 7) is 13.3. The third kappa shape index (κ3) is 6.22. The Balaban J connectivity index is 1.44. The van der Waals surface area contributed by atoms with Gasteiger partial charge in [0.2, 0.25) is 0 Å². The molecule has 2 N–H and O–H groups in total. The number of piperazine rings is 1. The SMILES string of the molecule is COC(=O)[C@@H](Nc1nc(CN2CCN(C(=O)Nc3c(C)cc(C)cc3C)CC2)nc2ccccc12)C(C)C. The van der Waals surface area contributed by atoms with Crippen molar-refractivity contribution in [1.29, 1.82) is 0 Å². The Kier molecular flexibility index (Phi) is 8.46. The van der Waals surface area contributed by atoms with Gasteiger partial charge < -0.3 is 20.3 Å². The first-order valence-corrected chi connectivity index (χ1v) is 13.1. The van der Waals surface area contributed by atoms with Crippen molar-refractivity contribution >= 4 is 34.4 Å². The van der Waals surface area contributed by atoms with Crippen LogP contribution in [0.4, 0.5) is 16.3 Å². The highest BCUT2D eigenvalue weighted by atomic mass is 16.5. The second-order valence-electron chi connectivity index (χ2n) is 10.4. The molecule has 1 saturated heterocycles. The first-order valence-electron chi connectivity index (χ1n) is 13.1. The number of anilines is 2. The van der Waals surface area contributed by atoms with Crippen LogP contribution < -0.4 is 10.6 Å². The van der Waals surface area contributed by atoms with Gasteiger partial charge in [0.15, 0.2) is 0 Å². The molecular formula is C29H38N6O3. The molecule has 0 radical (unpaired) electrons. The van der Waals surface area contributed by atoms with Gasteiger partial charge in [-0.2, -0.15) is 0 Å². The molecule has 0 bridgehead atoms. The van der Waals surface area contributed by atoms with Gasteiger partial charge >= 0.3 is 12.0 Å². The average Bonchev–Trinajstić information content (AvgIpc) is 2.88. The van der Waals surface area contributed by atoms with Crippen molar-refractivity contribution in [2.24, 2.45) is 5.92 Å². The van der Waals surface area contributed by atoms with Crippen LogP contribution in [0.25, 0.3) is 10.9 Å². The molecule has 1 aliphatic heterocycles. The van der Waals surface area contributed by atoms with Crippen LogP contribution in [-0.2, 0) is 16.1 Å². The molecule has 2 aromatic carbocycles. The highest BCUT2D eigenvalue weighted by molar-refractivity contribution is 5.92. The number of para-hydroxylation sites is 1. The van der Waals surface area contributed by atoms with Gasteiger partial charge in [-0.1, -0.05) is 43.7 Å². The zero-order valence-corrected chi connectivity index (χ0v) is 23.2. The molecular weight excluding hydrogens is 480 g/mol. The van der Waals surface area contributed by atoms with Gasteiger partial charge in [-0.05, 0) is 49.9 Å². The Labute approximate surface area is 224 Å². The molecule has 0 spiro atoms. The van der Waals surface area contributed by atoms with Gasteiger partial charge in [0.05, 0.1) is 19.2 Å². The zero-order valence-electron chi connectivity index (χ0n) is 23.2. The van der Waals surface area contributed by atoms with Crippen molar-refractivity contribution in [3.8, 4) is 0 Å². The molecule has 9 nitrogen and oxygen atoms in total. The van der Waals surface area contributed by atoms with Crippen LogP contribution in [0.5, 0.6) is 0 Å². The number of fused-ring (bicyclic) bond motifs is 1. The Morgan fingerprint density at radius 1 is 1.00 bits per heavy atom. The number of aryl methyl sites for hydroxylation is 3. The van der Waals surface area contributed by atoms with Crippen molar-refractivity contribution in [2.75, 3.05) is 43.9 Å². The summed E-state index contributed by atoms with van der Waals surface area (Å²) >= 11 is 0. The van der Waals surface area contributed by atoms with Crippen molar-refractivity contribution < 1.29 is 14.3 Å². The van der Waals surface area contributed by atoms with E-state index in [0.717, 1.165) is 40.8 Å². The molecule has 9 heteroatoms. The van der Waals surface area contributed by atoms with Crippen molar-refractivity contribution in [3.63, 3.8) is 0 Å². The summed E-state index contributed by atoms with van der Waals surface area (Å²) < 4.78 is 5.00. The van der Waals surface area contributed by atoms with Crippen LogP contribution in [-0.4, -0.2) is 71.1 Å². The van der Waals surface area contributed by atoms with Crippen molar-refractivity contribution in [3.05, 3.63) is 58.9 Å². The topological polar surface area (TPSA) is 99.7 Å². The summed E-state index contributed by atoms with van der Waals surface area (Å²) in [7, 11) is 1.39. The fourth-order valence-corrected chi connectivity index (χ4v) is 4.95. The van der Waals surface area contributed by atoms with E-state index in [9.17, 15) is 9.59 Å². The first-order chi connectivity index (χ1) is 18.2. The van der Waals surface area contributed by atoms with Gasteiger partial charge in [0.1, 0.15) is 17.7 Å². The summed E-state index contributed by atoms with van der Waals surface area (Å²) in [5, 5.41) is 7.26. The number of carbonyl (C=O) groups is 2. The quantitative estimate of drug-likeness (QED) is 0.444. The number of amides is 2. The molecule has 1 fully saturated rings. The van der Waals surface area contributed by atoms with Crippen LogP contribution in [0, 0.1) is 26.7 Å². The van der Waals surface area contributed by atoms with Gasteiger partial charge in [0, 0.05) is 37.3 Å². The van der Waals surface area contributed by atoms with Crippen LogP contribution in [0.2, 0.25) is 0 Å². The molecule has 1 atom stereocenters. The first kappa shape index (κ1) is 27.3. The van der Waals surface area contributed by atoms with Crippen molar-refractivity contribution in [1.82, 2.24) is 19.8 Å². The summed E-state index contributed by atoms with van der Waals surface area (Å²) in [6, 6.07) is 11.4. The molecule has 0 aliphatic carbocycles. The van der Waals surface area contributed by atoms with Gasteiger partial charge in [-0.3, -0.25) is 4.90 Å². The van der Waals surface area contributed by atoms with E-state index in [0.29, 0.717) is 31.3 Å². The number of urea groups is 1. The zero-order chi connectivity index (χ0) is 27.4. The van der Waals surface area contributed by atoms with Crippen LogP contribution >= 0.6 is 0 Å². The lowest BCUT2D eigenvalue weighted by Gasteiger charge is -2.34. The molecule has 3 aromatic rings. The summed E-state index contributed by atoms with van der Waals surface area (Å²) in [5.74, 6) is 0.986. The highest BCUT2D eigenvalue weighted by Crippen LogP contribution is 2.24. The number of nitrogens with one attached hydrogen (secondary N) is 2. The fraction of sp³-hybridized carbons (Fsp3) is 0.448. The average molecular weight is 519 g/mol. The van der Waals surface area contributed by atoms with Gasteiger partial charge in [0.25, 0.3) is 0 Å². The van der Waals surface area contributed by atoms with E-state index in [1.807, 2.05) is 56.9 Å². The molecule has 0 unspecified atom stereocenters. The lowest BCUT2D eigenvalue weighted by Crippen LogP contribution is -2.49. The summed E-state index contributed by atoms with van der Waals surface area (Å²) in [6.07, 6.45) is 0. The minimum atomic E-state index is -0.519. The van der Waals surface area contributed by atoms with E-state index in [1.54, 1.807) is 0 Å². The van der Waals surface area contributed by atoms with Crippen molar-refractivity contribution in [2.45, 2.75) is 47.2 Å². The third-order valence-electron chi connectivity index (χ3n) is 7.00. The number of aromatic nitrogens is 2. The number of esters is 1. The van der Waals surface area contributed by atoms with E-state index < -0.39 is 6.04 Å². The van der Waals surface area contributed by atoms with Crippen LogP contribution in [0.15, 0.2) is 36.4 Å². The monoisotopic (exact) mass is 518 g/mol. The maximum Gasteiger partial charge on any atom is 0.328 e. The number of ether oxygens (including phenoxy) is 1. The molecule has 1 aliphatic rings. The molecule has 2 heterocycles. The van der Waals surface area contributed by atoms with E-state index >= 15 is 0 Å². The smallest absolute Gasteiger partial charge is 0.328 e. The number of carbonyl (C=O) groups excluding carboxylic acids is 2. The Hall–Kier alpha value is -3.72. The normalized spacial score (nSPS) is 15.0. The van der Waals surface area contributed by atoms with E-state index in [4.69, 9.17) is 14.7 Å². The number of methoxy groups -OCH3 is 1. The minimum Gasteiger partial charge on any atom is -0.467 e. The highest BCUT2D eigenvalue weighted by Gasteiger charge is 2.26. The van der Waals surface area contributed by atoms with Crippen LogP contribution in [0.3, 0.4) is 0 Å². The number of nitrogens with zero attached hydrogens (tertiary/aromatic N) is 4. The van der Waals surface area contributed by atoms with Crippen LogP contribution in [0.1, 0.15) is 36.4 Å². The Morgan fingerprint density at radius 2 is 1.66 bits per heavy atom. The van der Waals surface area contributed by atoms with E-state index in [1.165, 1.54) is 12.7 Å². The number of benzene rings is 2. The standard InChI is InChI=1S/C29H38N6O3/c1-18(2)25(28(36)38-6)32-27-22-9-7-8-10-23(22)30-24(31-27)17-34-11-13-35(14-12-34)29(37)33-26-20(4)15-19(3)16-21(26)5/h7-10,15-16,18,25H,11-14,17H2,1-6H3,(H,33,37)(H,30,31,32)/t25-/m0/s1. The largest absolute Gasteiger partial charge is 0.467 e. The number of hydrogen-bond acceptors (Lipinski definition) is 7. The maximum atomic E-state index is 13.0. The molecule has 1 aromatic heterocycles. The van der Waals surface area contributed by atoms with Gasteiger partial charge in [-0.15, -0.1) is 0 Å². The Bertz CT molecular complexity index is 1290. The second-order valence-corrected chi connectivity index (χ2v) is 10.4. The minimum absolute atomic E-state index is 0.0198.